The van der Waals surface area contributed by atoms with Gasteiger partial charge in [0.05, 0.1) is 11.2 Å². The van der Waals surface area contributed by atoms with Crippen LogP contribution >= 0.6 is 0 Å². The van der Waals surface area contributed by atoms with E-state index in [-0.39, 0.29) is 0 Å². The summed E-state index contributed by atoms with van der Waals surface area (Å²) in [6.45, 7) is 6.48. The van der Waals surface area contributed by atoms with E-state index < -0.39 is 0 Å². The molecule has 0 fully saturated rings. The Kier molecular flexibility index (Phi) is 7.63. The van der Waals surface area contributed by atoms with Crippen molar-refractivity contribution in [2.24, 2.45) is 0 Å². The molecule has 254 valence electrons. The lowest BCUT2D eigenvalue weighted by molar-refractivity contribution is 1.15. The third-order valence-electron chi connectivity index (χ3n) is 11.1. The summed E-state index contributed by atoms with van der Waals surface area (Å²) in [5, 5.41) is 10.9. The zero-order chi connectivity index (χ0) is 36.2. The summed E-state index contributed by atoms with van der Waals surface area (Å²) >= 11 is 0. The van der Waals surface area contributed by atoms with Gasteiger partial charge in [0.1, 0.15) is 0 Å². The maximum atomic E-state index is 5.54. The maximum Gasteiger partial charge on any atom is 0.0794 e. The molecule has 0 aliphatic heterocycles. The monoisotopic (exact) mass is 688 g/mol. The summed E-state index contributed by atoms with van der Waals surface area (Å²) in [7, 11) is 0. The molecule has 0 N–H and O–H groups in total. The molecule has 10 rings (SSSR count). The topological polar surface area (TPSA) is 25.8 Å². The molecule has 0 bridgehead atoms. The van der Waals surface area contributed by atoms with Gasteiger partial charge < -0.3 is 0 Å². The van der Waals surface area contributed by atoms with Crippen LogP contribution in [-0.2, 0) is 6.42 Å². The molecule has 0 amide bonds. The third-order valence-corrected chi connectivity index (χ3v) is 11.1. The molecule has 8 aromatic carbocycles. The van der Waals surface area contributed by atoms with Gasteiger partial charge in [0.15, 0.2) is 0 Å². The van der Waals surface area contributed by atoms with Gasteiger partial charge in [-0.05, 0) is 125 Å². The van der Waals surface area contributed by atoms with Crippen LogP contribution in [0.25, 0.3) is 105 Å². The van der Waals surface area contributed by atoms with E-state index in [2.05, 4.69) is 164 Å². The number of nitrogens with zero attached hydrogens (tertiary/aromatic N) is 2. The lowest BCUT2D eigenvalue weighted by Crippen LogP contribution is -1.96. The molecule has 0 saturated carbocycles. The number of aryl methyl sites for hydroxylation is 1. The Labute approximate surface area is 314 Å². The van der Waals surface area contributed by atoms with E-state index in [1.165, 1.54) is 71.1 Å². The number of fused-ring (bicyclic) bond motifs is 7. The van der Waals surface area contributed by atoms with E-state index in [0.29, 0.717) is 0 Å². The Morgan fingerprint density at radius 3 is 1.69 bits per heavy atom. The number of aromatic nitrogens is 2. The van der Waals surface area contributed by atoms with Crippen molar-refractivity contribution >= 4 is 60.1 Å². The van der Waals surface area contributed by atoms with E-state index >= 15 is 0 Å². The molecular formula is C52H36N2. The molecule has 2 heteroatoms. The molecule has 2 nitrogen and oxygen atoms in total. The molecule has 0 saturated heterocycles. The van der Waals surface area contributed by atoms with Gasteiger partial charge in [0.25, 0.3) is 0 Å². The molecule has 2 heterocycles. The number of hydrogen-bond acceptors (Lipinski definition) is 2. The number of hydrogen-bond donors (Lipinski definition) is 0. The van der Waals surface area contributed by atoms with Crippen LogP contribution in [0.2, 0.25) is 0 Å². The Hall–Kier alpha value is -6.90. The fraction of sp³-hybridized carbons (Fsp3) is 0.0385. The van der Waals surface area contributed by atoms with Crippen LogP contribution < -0.4 is 0 Å². The molecule has 0 aliphatic carbocycles. The van der Waals surface area contributed by atoms with Crippen molar-refractivity contribution in [3.8, 4) is 44.6 Å². The molecule has 10 aromatic rings. The first-order valence-corrected chi connectivity index (χ1v) is 18.7. The molecule has 0 atom stereocenters. The van der Waals surface area contributed by atoms with E-state index in [9.17, 15) is 0 Å². The van der Waals surface area contributed by atoms with Crippen molar-refractivity contribution in [2.75, 3.05) is 0 Å². The molecule has 0 spiro atoms. The maximum absolute atomic E-state index is 5.54. The normalized spacial score (nSPS) is 11.6. The summed E-state index contributed by atoms with van der Waals surface area (Å²) < 4.78 is 0. The van der Waals surface area contributed by atoms with Crippen LogP contribution in [0.3, 0.4) is 0 Å². The Balaban J connectivity index is 1.33. The number of benzene rings is 8. The molecular weight excluding hydrogens is 653 g/mol. The van der Waals surface area contributed by atoms with Crippen LogP contribution in [0.4, 0.5) is 0 Å². The lowest BCUT2D eigenvalue weighted by atomic mass is 9.85. The summed E-state index contributed by atoms with van der Waals surface area (Å²) in [6, 6.07) is 57.5. The van der Waals surface area contributed by atoms with E-state index in [1.54, 1.807) is 0 Å². The molecule has 0 aliphatic rings. The second kappa shape index (κ2) is 12.9. The molecule has 2 aromatic heterocycles. The highest BCUT2D eigenvalue weighted by atomic mass is 14.7. The minimum Gasteiger partial charge on any atom is -0.265 e. The van der Waals surface area contributed by atoms with Gasteiger partial charge >= 0.3 is 0 Å². The van der Waals surface area contributed by atoms with Gasteiger partial charge in [-0.3, -0.25) is 4.98 Å². The predicted molar refractivity (Wildman–Crippen MR) is 231 cm³/mol. The number of pyridine rings is 2. The Morgan fingerprint density at radius 1 is 0.463 bits per heavy atom. The Bertz CT molecular complexity index is 3090. The van der Waals surface area contributed by atoms with Gasteiger partial charge in [0, 0.05) is 28.7 Å². The average Bonchev–Trinajstić information content (AvgIpc) is 3.25. The predicted octanol–water partition coefficient (Wildman–Crippen LogP) is 14.1. The van der Waals surface area contributed by atoms with E-state index in [1.807, 2.05) is 30.6 Å². The lowest BCUT2D eigenvalue weighted by Gasteiger charge is -2.19. The Morgan fingerprint density at radius 2 is 0.981 bits per heavy atom. The van der Waals surface area contributed by atoms with Gasteiger partial charge in [-0.25, -0.2) is 4.98 Å². The van der Waals surface area contributed by atoms with Crippen LogP contribution in [0.5, 0.6) is 0 Å². The summed E-state index contributed by atoms with van der Waals surface area (Å²) in [6.07, 6.45) is 6.63. The SMILES string of the molecule is C=Cc1cc(-c2cc3c(-c4cc5ccccc5c5ccccc45)cc(-c4ccc(-c5ccncc5)cc4)nc3c3ccccc23)c2ccccc2c1CC. The first kappa shape index (κ1) is 31.8. The molecule has 0 unspecified atom stereocenters. The smallest absolute Gasteiger partial charge is 0.0794 e. The minimum absolute atomic E-state index is 0.941. The highest BCUT2D eigenvalue weighted by molar-refractivity contribution is 6.21. The van der Waals surface area contributed by atoms with Crippen molar-refractivity contribution in [1.82, 2.24) is 9.97 Å². The van der Waals surface area contributed by atoms with Crippen LogP contribution in [0, 0.1) is 0 Å². The summed E-state index contributed by atoms with van der Waals surface area (Å²) in [5.41, 5.74) is 12.6. The molecule has 54 heavy (non-hydrogen) atoms. The van der Waals surface area contributed by atoms with Crippen LogP contribution in [0.15, 0.2) is 177 Å². The second-order valence-corrected chi connectivity index (χ2v) is 14.0. The highest BCUT2D eigenvalue weighted by Gasteiger charge is 2.20. The van der Waals surface area contributed by atoms with Gasteiger partial charge in [-0.15, -0.1) is 0 Å². The van der Waals surface area contributed by atoms with Gasteiger partial charge in [0.2, 0.25) is 0 Å². The van der Waals surface area contributed by atoms with Crippen molar-refractivity contribution in [3.63, 3.8) is 0 Å². The zero-order valence-corrected chi connectivity index (χ0v) is 30.1. The summed E-state index contributed by atoms with van der Waals surface area (Å²) in [5.74, 6) is 0. The fourth-order valence-electron chi connectivity index (χ4n) is 8.56. The van der Waals surface area contributed by atoms with Crippen molar-refractivity contribution in [1.29, 1.82) is 0 Å². The first-order chi connectivity index (χ1) is 26.7. The van der Waals surface area contributed by atoms with E-state index in [0.717, 1.165) is 45.1 Å². The van der Waals surface area contributed by atoms with Crippen LogP contribution in [0.1, 0.15) is 18.1 Å². The first-order valence-electron chi connectivity index (χ1n) is 18.7. The minimum atomic E-state index is 0.941. The quantitative estimate of drug-likeness (QED) is 0.163. The molecule has 0 radical (unpaired) electrons. The zero-order valence-electron chi connectivity index (χ0n) is 30.1. The van der Waals surface area contributed by atoms with Crippen molar-refractivity contribution in [3.05, 3.63) is 188 Å². The summed E-state index contributed by atoms with van der Waals surface area (Å²) in [4.78, 5) is 9.75. The standard InChI is InChI=1S/C52H36N2/c1-3-33-29-46(42-17-9-7-15-40(42)38(33)4-2)48-31-50-49(47-30-37-13-5-6-14-39(37)41-16-8-10-18-43(41)47)32-51(54-52(50)45-20-12-11-19-44(45)48)36-23-21-34(22-24-36)35-25-27-53-28-26-35/h3,5-32H,1,4H2,2H3. The van der Waals surface area contributed by atoms with Gasteiger partial charge in [-0.1, -0.05) is 141 Å². The average molecular weight is 689 g/mol. The highest BCUT2D eigenvalue weighted by Crippen LogP contribution is 2.45. The van der Waals surface area contributed by atoms with Crippen molar-refractivity contribution in [2.45, 2.75) is 13.3 Å². The largest absolute Gasteiger partial charge is 0.265 e. The second-order valence-electron chi connectivity index (χ2n) is 14.0. The van der Waals surface area contributed by atoms with Crippen LogP contribution in [-0.4, -0.2) is 9.97 Å². The van der Waals surface area contributed by atoms with E-state index in [4.69, 9.17) is 4.98 Å². The number of rotatable bonds is 6. The third kappa shape index (κ3) is 5.10. The van der Waals surface area contributed by atoms with Crippen molar-refractivity contribution < 1.29 is 0 Å². The van der Waals surface area contributed by atoms with Gasteiger partial charge in [-0.2, -0.15) is 0 Å². The fourth-order valence-corrected chi connectivity index (χ4v) is 8.56.